The van der Waals surface area contributed by atoms with Gasteiger partial charge in [0.2, 0.25) is 0 Å². The van der Waals surface area contributed by atoms with Gasteiger partial charge in [0.05, 0.1) is 14.2 Å². The molecule has 0 aliphatic rings. The van der Waals surface area contributed by atoms with Crippen LogP contribution in [0, 0.1) is 0 Å². The zero-order chi connectivity index (χ0) is 18.4. The fraction of sp³-hybridized carbons (Fsp3) is 0.235. The number of hydrogen-bond donors (Lipinski definition) is 3. The number of hydrogen-bond acceptors (Lipinski definition) is 5. The molecule has 0 fully saturated rings. The molecule has 0 atom stereocenters. The van der Waals surface area contributed by atoms with Gasteiger partial charge in [-0.2, -0.15) is 0 Å². The van der Waals surface area contributed by atoms with E-state index in [0.717, 1.165) is 5.56 Å². The summed E-state index contributed by atoms with van der Waals surface area (Å²) in [5.41, 5.74) is 1.50. The SMILES string of the molecule is COc1ccc(CCNC(=O)c2ccc(B(O)O)c(Cl)c2)cc1OC. The Kier molecular flexibility index (Phi) is 6.69. The second kappa shape index (κ2) is 8.76. The van der Waals surface area contributed by atoms with Crippen molar-refractivity contribution >= 4 is 30.1 Å². The molecule has 0 saturated heterocycles. The molecule has 25 heavy (non-hydrogen) atoms. The molecule has 0 aliphatic carbocycles. The molecular formula is C17H19BClNO5. The average Bonchev–Trinajstić information content (AvgIpc) is 2.60. The highest BCUT2D eigenvalue weighted by molar-refractivity contribution is 6.62. The summed E-state index contributed by atoms with van der Waals surface area (Å²) in [5, 5.41) is 21.2. The Labute approximate surface area is 151 Å². The molecule has 3 N–H and O–H groups in total. The molecule has 0 saturated carbocycles. The van der Waals surface area contributed by atoms with Crippen molar-refractivity contribution < 1.29 is 24.3 Å². The lowest BCUT2D eigenvalue weighted by atomic mass is 9.80. The number of rotatable bonds is 7. The molecule has 2 aromatic rings. The zero-order valence-electron chi connectivity index (χ0n) is 14.0. The minimum Gasteiger partial charge on any atom is -0.493 e. The number of halogens is 1. The first-order valence-electron chi connectivity index (χ1n) is 7.61. The number of carbonyl (C=O) groups is 1. The summed E-state index contributed by atoms with van der Waals surface area (Å²) in [7, 11) is 1.47. The van der Waals surface area contributed by atoms with Crippen LogP contribution in [-0.2, 0) is 6.42 Å². The monoisotopic (exact) mass is 363 g/mol. The summed E-state index contributed by atoms with van der Waals surface area (Å²) in [6, 6.07) is 9.89. The first-order valence-corrected chi connectivity index (χ1v) is 7.98. The number of ether oxygens (including phenoxy) is 2. The fourth-order valence-corrected chi connectivity index (χ4v) is 2.61. The van der Waals surface area contributed by atoms with Crippen LogP contribution < -0.4 is 20.3 Å². The highest BCUT2D eigenvalue weighted by atomic mass is 35.5. The molecule has 2 aromatic carbocycles. The number of carbonyl (C=O) groups excluding carboxylic acids is 1. The quantitative estimate of drug-likeness (QED) is 0.639. The number of methoxy groups -OCH3 is 2. The molecule has 0 heterocycles. The van der Waals surface area contributed by atoms with Crippen molar-refractivity contribution in [1.29, 1.82) is 0 Å². The van der Waals surface area contributed by atoms with Crippen LogP contribution in [0.15, 0.2) is 36.4 Å². The third kappa shape index (κ3) is 4.88. The molecule has 2 rings (SSSR count). The van der Waals surface area contributed by atoms with E-state index < -0.39 is 7.12 Å². The van der Waals surface area contributed by atoms with E-state index in [4.69, 9.17) is 31.1 Å². The molecule has 0 radical (unpaired) electrons. The Morgan fingerprint density at radius 1 is 1.12 bits per heavy atom. The van der Waals surface area contributed by atoms with Crippen LogP contribution in [0.4, 0.5) is 0 Å². The minimum absolute atomic E-state index is 0.127. The van der Waals surface area contributed by atoms with Crippen molar-refractivity contribution in [1.82, 2.24) is 5.32 Å². The van der Waals surface area contributed by atoms with Crippen molar-refractivity contribution in [3.05, 3.63) is 52.5 Å². The minimum atomic E-state index is -1.67. The van der Waals surface area contributed by atoms with Crippen LogP contribution in [0.1, 0.15) is 15.9 Å². The highest BCUT2D eigenvalue weighted by Crippen LogP contribution is 2.27. The molecule has 6 nitrogen and oxygen atoms in total. The lowest BCUT2D eigenvalue weighted by molar-refractivity contribution is 0.0954. The lowest BCUT2D eigenvalue weighted by Crippen LogP contribution is -2.32. The molecule has 0 spiro atoms. The molecule has 8 heteroatoms. The van der Waals surface area contributed by atoms with E-state index in [-0.39, 0.29) is 16.4 Å². The Hall–Kier alpha value is -2.22. The van der Waals surface area contributed by atoms with Gasteiger partial charge in [0.1, 0.15) is 0 Å². The molecule has 1 amide bonds. The maximum Gasteiger partial charge on any atom is 0.489 e. The van der Waals surface area contributed by atoms with E-state index in [1.165, 1.54) is 18.2 Å². The van der Waals surface area contributed by atoms with Crippen LogP contribution in [0.5, 0.6) is 11.5 Å². The van der Waals surface area contributed by atoms with E-state index in [0.29, 0.717) is 30.0 Å². The Morgan fingerprint density at radius 2 is 1.84 bits per heavy atom. The largest absolute Gasteiger partial charge is 0.493 e. The van der Waals surface area contributed by atoms with Crippen molar-refractivity contribution in [3.8, 4) is 11.5 Å². The second-order valence-corrected chi connectivity index (χ2v) is 5.71. The highest BCUT2D eigenvalue weighted by Gasteiger charge is 2.17. The van der Waals surface area contributed by atoms with Crippen LogP contribution >= 0.6 is 11.6 Å². The molecule has 0 bridgehead atoms. The van der Waals surface area contributed by atoms with Gasteiger partial charge in [0.15, 0.2) is 11.5 Å². The molecular weight excluding hydrogens is 344 g/mol. The van der Waals surface area contributed by atoms with Crippen molar-refractivity contribution in [3.63, 3.8) is 0 Å². The number of nitrogens with one attached hydrogen (secondary N) is 1. The van der Waals surface area contributed by atoms with E-state index in [9.17, 15) is 4.79 Å². The van der Waals surface area contributed by atoms with Gasteiger partial charge >= 0.3 is 7.12 Å². The predicted octanol–water partition coefficient (Wildman–Crippen LogP) is 1.01. The van der Waals surface area contributed by atoms with Gasteiger partial charge in [-0.1, -0.05) is 23.7 Å². The van der Waals surface area contributed by atoms with Crippen molar-refractivity contribution in [2.24, 2.45) is 0 Å². The van der Waals surface area contributed by atoms with E-state index in [2.05, 4.69) is 5.32 Å². The first-order chi connectivity index (χ1) is 12.0. The lowest BCUT2D eigenvalue weighted by Gasteiger charge is -2.10. The van der Waals surface area contributed by atoms with E-state index >= 15 is 0 Å². The van der Waals surface area contributed by atoms with Gasteiger partial charge in [-0.25, -0.2) is 0 Å². The summed E-state index contributed by atoms with van der Waals surface area (Å²) in [6.45, 7) is 0.427. The molecule has 132 valence electrons. The summed E-state index contributed by atoms with van der Waals surface area (Å²) in [5.74, 6) is 0.994. The summed E-state index contributed by atoms with van der Waals surface area (Å²) >= 11 is 5.93. The van der Waals surface area contributed by atoms with Crippen LogP contribution in [-0.4, -0.2) is 43.8 Å². The fourth-order valence-electron chi connectivity index (χ4n) is 2.34. The maximum atomic E-state index is 12.2. The standard InChI is InChI=1S/C17H19BClNO5/c1-24-15-6-3-11(9-16(15)25-2)7-8-20-17(21)12-4-5-13(18(22)23)14(19)10-12/h3-6,9-10,22-23H,7-8H2,1-2H3,(H,20,21). The Balaban J connectivity index is 1.95. The third-order valence-electron chi connectivity index (χ3n) is 3.69. The molecule has 0 aromatic heterocycles. The smallest absolute Gasteiger partial charge is 0.489 e. The van der Waals surface area contributed by atoms with E-state index in [1.54, 1.807) is 14.2 Å². The van der Waals surface area contributed by atoms with Crippen LogP contribution in [0.25, 0.3) is 0 Å². The molecule has 0 aliphatic heterocycles. The van der Waals surface area contributed by atoms with Crippen molar-refractivity contribution in [2.75, 3.05) is 20.8 Å². The van der Waals surface area contributed by atoms with Crippen LogP contribution in [0.3, 0.4) is 0 Å². The third-order valence-corrected chi connectivity index (χ3v) is 4.02. The number of amides is 1. The van der Waals surface area contributed by atoms with Gasteiger partial charge in [-0.3, -0.25) is 4.79 Å². The van der Waals surface area contributed by atoms with Gasteiger partial charge in [-0.15, -0.1) is 0 Å². The summed E-state index contributed by atoms with van der Waals surface area (Å²) in [6.07, 6.45) is 0.618. The predicted molar refractivity (Wildman–Crippen MR) is 96.9 cm³/mol. The zero-order valence-corrected chi connectivity index (χ0v) is 14.7. The molecule has 0 unspecified atom stereocenters. The Bertz CT molecular complexity index is 754. The van der Waals surface area contributed by atoms with Gasteiger partial charge < -0.3 is 24.8 Å². The van der Waals surface area contributed by atoms with Crippen LogP contribution in [0.2, 0.25) is 5.02 Å². The number of benzene rings is 2. The summed E-state index contributed by atoms with van der Waals surface area (Å²) in [4.78, 5) is 12.2. The Morgan fingerprint density at radius 3 is 2.44 bits per heavy atom. The van der Waals surface area contributed by atoms with E-state index in [1.807, 2.05) is 18.2 Å². The van der Waals surface area contributed by atoms with Gasteiger partial charge in [0, 0.05) is 22.6 Å². The second-order valence-electron chi connectivity index (χ2n) is 5.31. The maximum absolute atomic E-state index is 12.2. The van der Waals surface area contributed by atoms with Gasteiger partial charge in [0.25, 0.3) is 5.91 Å². The average molecular weight is 364 g/mol. The summed E-state index contributed by atoms with van der Waals surface area (Å²) < 4.78 is 10.4. The first kappa shape index (κ1) is 19.1. The van der Waals surface area contributed by atoms with Gasteiger partial charge in [-0.05, 0) is 36.2 Å². The normalized spacial score (nSPS) is 10.3. The van der Waals surface area contributed by atoms with Crippen molar-refractivity contribution in [2.45, 2.75) is 6.42 Å². The topological polar surface area (TPSA) is 88.0 Å².